The van der Waals surface area contributed by atoms with E-state index in [0.717, 1.165) is 36.6 Å². The molecule has 32 heavy (non-hydrogen) atoms. The van der Waals surface area contributed by atoms with Gasteiger partial charge < -0.3 is 5.32 Å². The average Bonchev–Trinajstić information content (AvgIpc) is 3.34. The van der Waals surface area contributed by atoms with E-state index in [4.69, 9.17) is 11.6 Å². The molecule has 4 atom stereocenters. The summed E-state index contributed by atoms with van der Waals surface area (Å²) in [7, 11) is 0. The number of carbonyl (C=O) groups is 1. The molecule has 1 amide bonds. The predicted octanol–water partition coefficient (Wildman–Crippen LogP) is 6.61. The Hall–Kier alpha value is -2.53. The summed E-state index contributed by atoms with van der Waals surface area (Å²) in [5.74, 6) is 1.78. The molecule has 6 heteroatoms. The third-order valence-electron chi connectivity index (χ3n) is 7.78. The van der Waals surface area contributed by atoms with Crippen LogP contribution in [0.3, 0.4) is 0 Å². The number of aromatic nitrogens is 2. The first kappa shape index (κ1) is 21.3. The van der Waals surface area contributed by atoms with Crippen molar-refractivity contribution in [3.8, 4) is 0 Å². The van der Waals surface area contributed by atoms with Crippen LogP contribution in [-0.2, 0) is 4.79 Å². The quantitative estimate of drug-likeness (QED) is 0.454. The molecule has 0 bridgehead atoms. The van der Waals surface area contributed by atoms with Crippen molar-refractivity contribution in [3.63, 3.8) is 0 Å². The lowest BCUT2D eigenvalue weighted by molar-refractivity contribution is -0.126. The molecule has 2 aliphatic rings. The maximum atomic E-state index is 13.9. The zero-order valence-electron chi connectivity index (χ0n) is 18.3. The van der Waals surface area contributed by atoms with Crippen LogP contribution in [0.4, 0.5) is 10.1 Å². The Morgan fingerprint density at radius 3 is 2.50 bits per heavy atom. The minimum atomic E-state index is -0.466. The molecule has 0 radical (unpaired) electrons. The standard InChI is InChI=1S/C26H27ClFN3O/c1-26(2,25(32)31-20-4-6-24(27)30-14-20)18-11-15-9-17(10-16(15)12-18)21-7-8-29-23-5-3-19(28)13-22(21)23/h3-8,13-18H,9-12H2,1-2H3,(H,31,32)/t15-,16+,17-,18+. The minimum Gasteiger partial charge on any atom is -0.324 e. The number of rotatable bonds is 4. The fourth-order valence-corrected chi connectivity index (χ4v) is 5.99. The number of nitrogens with zero attached hydrogens (tertiary/aromatic N) is 2. The molecule has 4 nitrogen and oxygen atoms in total. The second-order valence-electron chi connectivity index (χ2n) is 9.96. The summed E-state index contributed by atoms with van der Waals surface area (Å²) in [6.45, 7) is 4.10. The minimum absolute atomic E-state index is 0.0266. The first-order chi connectivity index (χ1) is 15.3. The highest BCUT2D eigenvalue weighted by Gasteiger charge is 2.48. The van der Waals surface area contributed by atoms with Gasteiger partial charge >= 0.3 is 0 Å². The molecule has 3 aromatic rings. The molecule has 0 spiro atoms. The SMILES string of the molecule is CC(C)(C(=O)Nc1ccc(Cl)nc1)[C@H]1C[C@H]2C[C@@H](c3ccnc4ccc(F)cc34)C[C@H]2C1. The lowest BCUT2D eigenvalue weighted by Gasteiger charge is -2.31. The van der Waals surface area contributed by atoms with Crippen molar-refractivity contribution in [2.75, 3.05) is 5.32 Å². The third kappa shape index (κ3) is 3.88. The number of amides is 1. The van der Waals surface area contributed by atoms with Gasteiger partial charge in [-0.1, -0.05) is 25.4 Å². The smallest absolute Gasteiger partial charge is 0.230 e. The Labute approximate surface area is 192 Å². The first-order valence-corrected chi connectivity index (χ1v) is 11.7. The van der Waals surface area contributed by atoms with Crippen molar-refractivity contribution in [1.82, 2.24) is 9.97 Å². The van der Waals surface area contributed by atoms with Crippen molar-refractivity contribution in [2.24, 2.45) is 23.2 Å². The fourth-order valence-electron chi connectivity index (χ4n) is 5.88. The highest BCUT2D eigenvalue weighted by Crippen LogP contribution is 2.56. The van der Waals surface area contributed by atoms with Crippen molar-refractivity contribution in [3.05, 3.63) is 65.3 Å². The number of nitrogens with one attached hydrogen (secondary N) is 1. The van der Waals surface area contributed by atoms with Gasteiger partial charge in [-0.05, 0) is 91.3 Å². The van der Waals surface area contributed by atoms with Gasteiger partial charge in [-0.15, -0.1) is 0 Å². The predicted molar refractivity (Wildman–Crippen MR) is 125 cm³/mol. The monoisotopic (exact) mass is 451 g/mol. The lowest BCUT2D eigenvalue weighted by atomic mass is 9.75. The van der Waals surface area contributed by atoms with Gasteiger partial charge in [0, 0.05) is 17.0 Å². The number of pyridine rings is 2. The van der Waals surface area contributed by atoms with Gasteiger partial charge in [0.05, 0.1) is 17.4 Å². The molecule has 1 aromatic carbocycles. The Bertz CT molecular complexity index is 1150. The van der Waals surface area contributed by atoms with Crippen LogP contribution in [0.1, 0.15) is 51.0 Å². The van der Waals surface area contributed by atoms with Crippen LogP contribution >= 0.6 is 11.6 Å². The van der Waals surface area contributed by atoms with Crippen LogP contribution in [0.25, 0.3) is 10.9 Å². The van der Waals surface area contributed by atoms with Crippen LogP contribution in [-0.4, -0.2) is 15.9 Å². The maximum absolute atomic E-state index is 13.9. The molecular formula is C26H27ClFN3O. The zero-order chi connectivity index (χ0) is 22.5. The number of benzene rings is 1. The van der Waals surface area contributed by atoms with Crippen molar-refractivity contribution < 1.29 is 9.18 Å². The first-order valence-electron chi connectivity index (χ1n) is 11.3. The highest BCUT2D eigenvalue weighted by molar-refractivity contribution is 6.29. The van der Waals surface area contributed by atoms with Crippen molar-refractivity contribution in [2.45, 2.75) is 45.4 Å². The van der Waals surface area contributed by atoms with E-state index in [9.17, 15) is 9.18 Å². The van der Waals surface area contributed by atoms with E-state index in [0.29, 0.717) is 34.5 Å². The largest absolute Gasteiger partial charge is 0.324 e. The third-order valence-corrected chi connectivity index (χ3v) is 8.01. The maximum Gasteiger partial charge on any atom is 0.230 e. The van der Waals surface area contributed by atoms with Crippen molar-refractivity contribution in [1.29, 1.82) is 0 Å². The number of carbonyl (C=O) groups excluding carboxylic acids is 1. The second-order valence-corrected chi connectivity index (χ2v) is 10.4. The Morgan fingerprint density at radius 1 is 1.06 bits per heavy atom. The summed E-state index contributed by atoms with van der Waals surface area (Å²) in [5.41, 5.74) is 2.27. The van der Waals surface area contributed by atoms with Crippen LogP contribution in [0.15, 0.2) is 48.8 Å². The normalized spacial score (nSPS) is 25.1. The van der Waals surface area contributed by atoms with E-state index in [1.54, 1.807) is 30.5 Å². The summed E-state index contributed by atoms with van der Waals surface area (Å²) in [4.78, 5) is 21.5. The number of fused-ring (bicyclic) bond motifs is 2. The molecule has 2 aromatic heterocycles. The number of hydrogen-bond donors (Lipinski definition) is 1. The highest BCUT2D eigenvalue weighted by atomic mass is 35.5. The van der Waals surface area contributed by atoms with Gasteiger partial charge in [-0.3, -0.25) is 9.78 Å². The van der Waals surface area contributed by atoms with E-state index in [1.165, 1.54) is 11.6 Å². The van der Waals surface area contributed by atoms with Gasteiger partial charge in [0.15, 0.2) is 0 Å². The van der Waals surface area contributed by atoms with E-state index in [2.05, 4.69) is 21.4 Å². The second kappa shape index (κ2) is 8.11. The molecule has 2 saturated carbocycles. The summed E-state index contributed by atoms with van der Waals surface area (Å²) in [5, 5.41) is 4.35. The fraction of sp³-hybridized carbons (Fsp3) is 0.423. The molecule has 0 saturated heterocycles. The number of hydrogen-bond acceptors (Lipinski definition) is 3. The molecule has 166 valence electrons. The summed E-state index contributed by atoms with van der Waals surface area (Å²) >= 11 is 5.85. The molecule has 2 fully saturated rings. The van der Waals surface area contributed by atoms with Crippen molar-refractivity contribution >= 4 is 34.1 Å². The zero-order valence-corrected chi connectivity index (χ0v) is 19.1. The van der Waals surface area contributed by atoms with E-state index >= 15 is 0 Å². The Balaban J connectivity index is 1.28. The van der Waals surface area contributed by atoms with Gasteiger partial charge in [-0.25, -0.2) is 9.37 Å². The van der Waals surface area contributed by atoms with E-state index in [-0.39, 0.29) is 11.7 Å². The lowest BCUT2D eigenvalue weighted by Crippen LogP contribution is -2.37. The number of anilines is 1. The van der Waals surface area contributed by atoms with Crippen LogP contribution < -0.4 is 5.32 Å². The van der Waals surface area contributed by atoms with Crippen LogP contribution in [0, 0.1) is 29.0 Å². The van der Waals surface area contributed by atoms with Gasteiger partial charge in [0.2, 0.25) is 5.91 Å². The van der Waals surface area contributed by atoms with Crippen LogP contribution in [0.5, 0.6) is 0 Å². The van der Waals surface area contributed by atoms with Gasteiger partial charge in [0.25, 0.3) is 0 Å². The Morgan fingerprint density at radius 2 is 1.81 bits per heavy atom. The summed E-state index contributed by atoms with van der Waals surface area (Å²) in [6.07, 6.45) is 7.72. The summed E-state index contributed by atoms with van der Waals surface area (Å²) in [6, 6.07) is 10.4. The Kier molecular flexibility index (Phi) is 5.40. The topological polar surface area (TPSA) is 54.9 Å². The number of halogens is 2. The molecule has 1 N–H and O–H groups in total. The molecule has 0 aliphatic heterocycles. The molecule has 2 heterocycles. The molecule has 5 rings (SSSR count). The van der Waals surface area contributed by atoms with Gasteiger partial charge in [0.1, 0.15) is 11.0 Å². The molecular weight excluding hydrogens is 425 g/mol. The average molecular weight is 452 g/mol. The van der Waals surface area contributed by atoms with E-state index in [1.807, 2.05) is 20.0 Å². The molecule has 0 unspecified atom stereocenters. The summed E-state index contributed by atoms with van der Waals surface area (Å²) < 4.78 is 13.9. The van der Waals surface area contributed by atoms with Gasteiger partial charge in [-0.2, -0.15) is 0 Å². The van der Waals surface area contributed by atoms with Crippen LogP contribution in [0.2, 0.25) is 5.15 Å². The van der Waals surface area contributed by atoms with E-state index < -0.39 is 5.41 Å². The molecule has 2 aliphatic carbocycles.